The lowest BCUT2D eigenvalue weighted by atomic mass is 10.1. The number of aromatic nitrogens is 2. The van der Waals surface area contributed by atoms with Gasteiger partial charge in [-0.2, -0.15) is 0 Å². The highest BCUT2D eigenvalue weighted by Crippen LogP contribution is 2.32. The molecule has 1 N–H and O–H groups in total. The normalized spacial score (nSPS) is 11.1. The molecule has 3 aromatic heterocycles. The SMILES string of the molecule is COCCNC(=O)c1sc2nc(-c3ccco3)nc(C)c2c1C. The van der Waals surface area contributed by atoms with Crippen LogP contribution in [-0.4, -0.2) is 36.1 Å². The summed E-state index contributed by atoms with van der Waals surface area (Å²) in [4.78, 5) is 22.8. The molecule has 3 heterocycles. The number of furan rings is 1. The van der Waals surface area contributed by atoms with Crippen LogP contribution in [0, 0.1) is 13.8 Å². The molecule has 0 aliphatic rings. The van der Waals surface area contributed by atoms with E-state index < -0.39 is 0 Å². The third-order valence-corrected chi connectivity index (χ3v) is 4.70. The minimum absolute atomic E-state index is 0.110. The summed E-state index contributed by atoms with van der Waals surface area (Å²) in [6.07, 6.45) is 1.59. The van der Waals surface area contributed by atoms with Gasteiger partial charge >= 0.3 is 0 Å². The van der Waals surface area contributed by atoms with E-state index in [1.165, 1.54) is 11.3 Å². The molecule has 0 bridgehead atoms. The molecule has 0 fully saturated rings. The van der Waals surface area contributed by atoms with Crippen LogP contribution in [0.25, 0.3) is 21.8 Å². The van der Waals surface area contributed by atoms with E-state index in [2.05, 4.69) is 15.3 Å². The van der Waals surface area contributed by atoms with Crippen LogP contribution in [0.4, 0.5) is 0 Å². The first-order valence-electron chi connectivity index (χ1n) is 7.20. The summed E-state index contributed by atoms with van der Waals surface area (Å²) in [5.41, 5.74) is 1.74. The van der Waals surface area contributed by atoms with Crippen molar-refractivity contribution in [2.45, 2.75) is 13.8 Å². The van der Waals surface area contributed by atoms with Crippen molar-refractivity contribution in [2.75, 3.05) is 20.3 Å². The van der Waals surface area contributed by atoms with Crippen molar-refractivity contribution in [1.82, 2.24) is 15.3 Å². The van der Waals surface area contributed by atoms with Gasteiger partial charge in [0.2, 0.25) is 0 Å². The molecule has 120 valence electrons. The fourth-order valence-corrected chi connectivity index (χ4v) is 3.57. The van der Waals surface area contributed by atoms with Gasteiger partial charge in [-0.25, -0.2) is 9.97 Å². The standard InChI is InChI=1S/C16H17N3O3S/c1-9-12-10(2)18-14(11-5-4-7-22-11)19-16(12)23-13(9)15(20)17-6-8-21-3/h4-5,7H,6,8H2,1-3H3,(H,17,20). The van der Waals surface area contributed by atoms with Gasteiger partial charge in [0.25, 0.3) is 5.91 Å². The molecule has 0 atom stereocenters. The van der Waals surface area contributed by atoms with E-state index in [0.29, 0.717) is 29.6 Å². The van der Waals surface area contributed by atoms with Crippen molar-refractivity contribution < 1.29 is 13.9 Å². The van der Waals surface area contributed by atoms with Gasteiger partial charge in [-0.3, -0.25) is 4.79 Å². The largest absolute Gasteiger partial charge is 0.461 e. The number of hydrogen-bond donors (Lipinski definition) is 1. The molecule has 0 unspecified atom stereocenters. The third kappa shape index (κ3) is 2.97. The number of ether oxygens (including phenoxy) is 1. The van der Waals surface area contributed by atoms with Crippen molar-refractivity contribution in [3.8, 4) is 11.6 Å². The second-order valence-corrected chi connectivity index (χ2v) is 6.09. The van der Waals surface area contributed by atoms with Gasteiger partial charge in [-0.05, 0) is 31.5 Å². The molecule has 3 aromatic rings. The zero-order valence-corrected chi connectivity index (χ0v) is 14.0. The number of nitrogens with zero attached hydrogens (tertiary/aromatic N) is 2. The Balaban J connectivity index is 2.00. The van der Waals surface area contributed by atoms with E-state index in [4.69, 9.17) is 9.15 Å². The lowest BCUT2D eigenvalue weighted by Gasteiger charge is -2.03. The van der Waals surface area contributed by atoms with Gasteiger partial charge < -0.3 is 14.5 Å². The number of rotatable bonds is 5. The van der Waals surface area contributed by atoms with Gasteiger partial charge in [0.15, 0.2) is 11.6 Å². The number of aryl methyl sites for hydroxylation is 2. The van der Waals surface area contributed by atoms with Crippen LogP contribution >= 0.6 is 11.3 Å². The van der Waals surface area contributed by atoms with Gasteiger partial charge in [-0.1, -0.05) is 0 Å². The lowest BCUT2D eigenvalue weighted by molar-refractivity contribution is 0.0940. The Kier molecular flexibility index (Phi) is 4.40. The Bertz CT molecular complexity index is 840. The molecule has 23 heavy (non-hydrogen) atoms. The molecule has 0 spiro atoms. The number of thiophene rings is 1. The Hall–Kier alpha value is -2.25. The summed E-state index contributed by atoms with van der Waals surface area (Å²) < 4.78 is 10.3. The van der Waals surface area contributed by atoms with E-state index >= 15 is 0 Å². The highest BCUT2D eigenvalue weighted by atomic mass is 32.1. The minimum Gasteiger partial charge on any atom is -0.461 e. The minimum atomic E-state index is -0.110. The smallest absolute Gasteiger partial charge is 0.261 e. The summed E-state index contributed by atoms with van der Waals surface area (Å²) in [5.74, 6) is 1.04. The van der Waals surface area contributed by atoms with Crippen LogP contribution in [0.1, 0.15) is 20.9 Å². The summed E-state index contributed by atoms with van der Waals surface area (Å²) >= 11 is 1.37. The highest BCUT2D eigenvalue weighted by molar-refractivity contribution is 7.20. The fourth-order valence-electron chi connectivity index (χ4n) is 2.42. The van der Waals surface area contributed by atoms with Crippen LogP contribution in [0.5, 0.6) is 0 Å². The highest BCUT2D eigenvalue weighted by Gasteiger charge is 2.19. The van der Waals surface area contributed by atoms with Crippen molar-refractivity contribution in [2.24, 2.45) is 0 Å². The molecule has 1 amide bonds. The third-order valence-electron chi connectivity index (χ3n) is 3.51. The average molecular weight is 331 g/mol. The maximum atomic E-state index is 12.3. The van der Waals surface area contributed by atoms with Gasteiger partial charge in [0.1, 0.15) is 4.83 Å². The molecule has 0 aliphatic carbocycles. The molecular weight excluding hydrogens is 314 g/mol. The van der Waals surface area contributed by atoms with Crippen LogP contribution in [0.2, 0.25) is 0 Å². The Morgan fingerprint density at radius 3 is 2.91 bits per heavy atom. The fraction of sp³-hybridized carbons (Fsp3) is 0.312. The first-order valence-corrected chi connectivity index (χ1v) is 8.02. The maximum Gasteiger partial charge on any atom is 0.261 e. The van der Waals surface area contributed by atoms with E-state index in [0.717, 1.165) is 21.5 Å². The van der Waals surface area contributed by atoms with Gasteiger partial charge in [-0.15, -0.1) is 11.3 Å². The van der Waals surface area contributed by atoms with Crippen LogP contribution < -0.4 is 5.32 Å². The van der Waals surface area contributed by atoms with Crippen LogP contribution in [0.15, 0.2) is 22.8 Å². The molecule has 0 saturated heterocycles. The quantitative estimate of drug-likeness (QED) is 0.727. The number of fused-ring (bicyclic) bond motifs is 1. The average Bonchev–Trinajstić information content (AvgIpc) is 3.15. The number of carbonyl (C=O) groups excluding carboxylic acids is 1. The first-order chi connectivity index (χ1) is 11.1. The van der Waals surface area contributed by atoms with E-state index in [9.17, 15) is 4.79 Å². The Morgan fingerprint density at radius 1 is 1.39 bits per heavy atom. The molecule has 0 aliphatic heterocycles. The van der Waals surface area contributed by atoms with E-state index in [-0.39, 0.29) is 5.91 Å². The maximum absolute atomic E-state index is 12.3. The van der Waals surface area contributed by atoms with Gasteiger partial charge in [0, 0.05) is 19.0 Å². The number of carbonyl (C=O) groups is 1. The zero-order chi connectivity index (χ0) is 16.4. The Labute approximate surface area is 137 Å². The van der Waals surface area contributed by atoms with E-state index in [1.807, 2.05) is 19.9 Å². The van der Waals surface area contributed by atoms with E-state index in [1.54, 1.807) is 19.4 Å². The molecule has 0 radical (unpaired) electrons. The molecular formula is C16H17N3O3S. The summed E-state index contributed by atoms with van der Waals surface area (Å²) in [6.45, 7) is 4.80. The first kappa shape index (κ1) is 15.6. The Morgan fingerprint density at radius 2 is 2.22 bits per heavy atom. The monoisotopic (exact) mass is 331 g/mol. The number of nitrogens with one attached hydrogen (secondary N) is 1. The lowest BCUT2D eigenvalue weighted by Crippen LogP contribution is -2.26. The van der Waals surface area contributed by atoms with Crippen molar-refractivity contribution in [3.05, 3.63) is 34.5 Å². The zero-order valence-electron chi connectivity index (χ0n) is 13.2. The predicted molar refractivity (Wildman–Crippen MR) is 88.8 cm³/mol. The second kappa shape index (κ2) is 6.47. The molecule has 3 rings (SSSR count). The summed E-state index contributed by atoms with van der Waals surface area (Å²) in [7, 11) is 1.60. The van der Waals surface area contributed by atoms with Crippen molar-refractivity contribution in [1.29, 1.82) is 0 Å². The number of amides is 1. The molecule has 0 saturated carbocycles. The van der Waals surface area contributed by atoms with Crippen LogP contribution in [0.3, 0.4) is 0 Å². The predicted octanol–water partition coefficient (Wildman–Crippen LogP) is 2.94. The summed E-state index contributed by atoms with van der Waals surface area (Å²) in [6, 6.07) is 3.62. The number of hydrogen-bond acceptors (Lipinski definition) is 6. The number of methoxy groups -OCH3 is 1. The van der Waals surface area contributed by atoms with Crippen molar-refractivity contribution >= 4 is 27.5 Å². The van der Waals surface area contributed by atoms with Crippen molar-refractivity contribution in [3.63, 3.8) is 0 Å². The van der Waals surface area contributed by atoms with Gasteiger partial charge in [0.05, 0.1) is 23.4 Å². The van der Waals surface area contributed by atoms with Crippen LogP contribution in [-0.2, 0) is 4.74 Å². The second-order valence-electron chi connectivity index (χ2n) is 5.09. The molecule has 0 aromatic carbocycles. The topological polar surface area (TPSA) is 77.2 Å². The molecule has 7 heteroatoms. The molecule has 6 nitrogen and oxygen atoms in total. The summed E-state index contributed by atoms with van der Waals surface area (Å²) in [5, 5.41) is 3.78.